The van der Waals surface area contributed by atoms with Gasteiger partial charge in [0, 0.05) is 12.6 Å². The Labute approximate surface area is 234 Å². The molecule has 0 aliphatic carbocycles. The van der Waals surface area contributed by atoms with Gasteiger partial charge in [0.05, 0.1) is 34.8 Å². The average Bonchev–Trinajstić information content (AvgIpc) is 3.15. The minimum absolute atomic E-state index is 0.114. The molecule has 41 heavy (non-hydrogen) atoms. The van der Waals surface area contributed by atoms with Gasteiger partial charge >= 0.3 is 12.4 Å². The zero-order valence-corrected chi connectivity index (χ0v) is 22.3. The molecule has 2 heterocycles. The third kappa shape index (κ3) is 5.59. The van der Waals surface area contributed by atoms with Crippen molar-refractivity contribution in [3.63, 3.8) is 0 Å². The van der Waals surface area contributed by atoms with E-state index in [0.29, 0.717) is 37.9 Å². The average molecular weight is 577 g/mol. The molecule has 3 aromatic rings. The smallest absolute Gasteiger partial charge is 0.369 e. The minimum atomic E-state index is -4.97. The number of halogens is 6. The first-order valence-corrected chi connectivity index (χ1v) is 13.4. The number of carbonyl (C=O) groups is 1. The Bertz CT molecular complexity index is 1350. The van der Waals surface area contributed by atoms with Crippen LogP contribution in [0, 0.1) is 5.92 Å². The number of benzene rings is 3. The fourth-order valence-electron chi connectivity index (χ4n) is 6.58. The number of primary amides is 1. The van der Waals surface area contributed by atoms with Gasteiger partial charge < -0.3 is 10.5 Å². The second-order valence-corrected chi connectivity index (χ2v) is 10.9. The minimum Gasteiger partial charge on any atom is -0.369 e. The first-order valence-electron chi connectivity index (χ1n) is 13.4. The topological polar surface area (TPSA) is 55.6 Å². The second-order valence-electron chi connectivity index (χ2n) is 10.9. The number of hydrogen-bond acceptors (Lipinski definition) is 3. The van der Waals surface area contributed by atoms with Crippen molar-refractivity contribution >= 4 is 5.91 Å². The summed E-state index contributed by atoms with van der Waals surface area (Å²) in [6.45, 7) is 1.92. The Balaban J connectivity index is 1.58. The highest BCUT2D eigenvalue weighted by Crippen LogP contribution is 2.55. The van der Waals surface area contributed by atoms with Gasteiger partial charge in [0.15, 0.2) is 0 Å². The van der Waals surface area contributed by atoms with Crippen molar-refractivity contribution in [1.29, 1.82) is 0 Å². The van der Waals surface area contributed by atoms with Gasteiger partial charge in [-0.1, -0.05) is 60.7 Å². The molecule has 0 spiro atoms. The maximum Gasteiger partial charge on any atom is 0.416 e. The van der Waals surface area contributed by atoms with Crippen LogP contribution in [0.15, 0.2) is 78.9 Å². The number of nitrogens with zero attached hydrogens (tertiary/aromatic N) is 1. The number of ether oxygens (including phenoxy) is 1. The van der Waals surface area contributed by atoms with E-state index in [-0.39, 0.29) is 17.7 Å². The summed E-state index contributed by atoms with van der Waals surface area (Å²) in [4.78, 5) is 14.9. The molecular formula is C31H30F6N2O2. The molecule has 2 saturated heterocycles. The van der Waals surface area contributed by atoms with Crippen LogP contribution in [0.3, 0.4) is 0 Å². The van der Waals surface area contributed by atoms with Gasteiger partial charge in [-0.3, -0.25) is 9.69 Å². The fraction of sp³-hybridized carbons (Fsp3) is 0.387. The van der Waals surface area contributed by atoms with Gasteiger partial charge in [-0.15, -0.1) is 0 Å². The molecule has 2 aliphatic rings. The lowest BCUT2D eigenvalue weighted by atomic mass is 9.78. The quantitative estimate of drug-likeness (QED) is 0.302. The van der Waals surface area contributed by atoms with Crippen LogP contribution in [0.2, 0.25) is 0 Å². The van der Waals surface area contributed by atoms with Crippen molar-refractivity contribution in [2.75, 3.05) is 0 Å². The van der Waals surface area contributed by atoms with E-state index in [1.54, 1.807) is 0 Å². The molecule has 0 saturated carbocycles. The fourth-order valence-corrected chi connectivity index (χ4v) is 6.58. The standard InChI is InChI=1S/C31H30F6N2O2/c1-19(21-14-23(30(32,33)34)16-24(15-21)31(35,36)37)41-27-13-12-26-25(28(38)40)17-29(27,22-10-6-3-7-11-22)39(26)18-20-8-4-2-5-9-20/h2-11,14-16,19,25-27H,12-13,17-18H2,1H3,(H2,38,40)/t19-,25+,26-,27+,29+/m0/s1. The summed E-state index contributed by atoms with van der Waals surface area (Å²) in [5, 5.41) is 0. The van der Waals surface area contributed by atoms with E-state index in [0.717, 1.165) is 11.1 Å². The van der Waals surface area contributed by atoms with E-state index in [1.165, 1.54) is 6.92 Å². The van der Waals surface area contributed by atoms with Gasteiger partial charge in [0.25, 0.3) is 0 Å². The van der Waals surface area contributed by atoms with E-state index in [1.807, 2.05) is 60.7 Å². The van der Waals surface area contributed by atoms with E-state index in [2.05, 4.69) is 4.90 Å². The molecule has 4 nitrogen and oxygen atoms in total. The Hall–Kier alpha value is -3.37. The highest BCUT2D eigenvalue weighted by atomic mass is 19.4. The highest BCUT2D eigenvalue weighted by Gasteiger charge is 2.61. The van der Waals surface area contributed by atoms with Gasteiger partial charge in [0.1, 0.15) is 0 Å². The van der Waals surface area contributed by atoms with Crippen molar-refractivity contribution in [3.8, 4) is 0 Å². The van der Waals surface area contributed by atoms with Crippen LogP contribution in [-0.2, 0) is 34.0 Å². The third-order valence-electron chi connectivity index (χ3n) is 8.45. The third-order valence-corrected chi connectivity index (χ3v) is 8.45. The molecule has 1 amide bonds. The summed E-state index contributed by atoms with van der Waals surface area (Å²) in [5.74, 6) is -0.958. The van der Waals surface area contributed by atoms with Crippen LogP contribution in [0.4, 0.5) is 26.3 Å². The monoisotopic (exact) mass is 576 g/mol. The Kier molecular flexibility index (Phi) is 7.67. The van der Waals surface area contributed by atoms with E-state index >= 15 is 0 Å². The van der Waals surface area contributed by atoms with E-state index in [9.17, 15) is 31.1 Å². The lowest BCUT2D eigenvalue weighted by molar-refractivity contribution is -0.144. The van der Waals surface area contributed by atoms with Crippen LogP contribution in [0.25, 0.3) is 0 Å². The van der Waals surface area contributed by atoms with Crippen LogP contribution in [0.1, 0.15) is 60.1 Å². The molecule has 0 unspecified atom stereocenters. The van der Waals surface area contributed by atoms with Crippen molar-refractivity contribution in [2.24, 2.45) is 11.7 Å². The van der Waals surface area contributed by atoms with Crippen molar-refractivity contribution in [3.05, 3.63) is 107 Å². The number of carbonyl (C=O) groups excluding carboxylic acids is 1. The van der Waals surface area contributed by atoms with Gasteiger partial charge in [-0.2, -0.15) is 26.3 Å². The summed E-state index contributed by atoms with van der Waals surface area (Å²) in [6, 6.07) is 20.4. The summed E-state index contributed by atoms with van der Waals surface area (Å²) in [7, 11) is 0. The number of nitrogens with two attached hydrogens (primary N) is 1. The predicted octanol–water partition coefficient (Wildman–Crippen LogP) is 7.24. The number of rotatable bonds is 7. The second kappa shape index (κ2) is 10.8. The Morgan fingerprint density at radius 1 is 0.927 bits per heavy atom. The molecule has 2 bridgehead atoms. The predicted molar refractivity (Wildman–Crippen MR) is 140 cm³/mol. The molecule has 3 aromatic carbocycles. The zero-order valence-electron chi connectivity index (χ0n) is 22.3. The van der Waals surface area contributed by atoms with Crippen LogP contribution in [-0.4, -0.2) is 23.0 Å². The SMILES string of the molecule is C[C@H](O[C@@H]1CC[C@H]2[C@H](C(N)=O)C[C@]1(c1ccccc1)N2Cc1ccccc1)c1cc(C(F)(F)F)cc(C(F)(F)F)c1. The number of fused-ring (bicyclic) bond motifs is 2. The maximum absolute atomic E-state index is 13.6. The number of amides is 1. The lowest BCUT2D eigenvalue weighted by Gasteiger charge is -2.50. The molecular weight excluding hydrogens is 546 g/mol. The van der Waals surface area contributed by atoms with Crippen LogP contribution in [0.5, 0.6) is 0 Å². The number of piperidine rings is 1. The molecule has 2 fully saturated rings. The molecule has 0 aromatic heterocycles. The molecule has 2 N–H and O–H groups in total. The largest absolute Gasteiger partial charge is 0.416 e. The molecule has 5 atom stereocenters. The molecule has 10 heteroatoms. The van der Waals surface area contributed by atoms with E-state index < -0.39 is 53.1 Å². The Morgan fingerprint density at radius 2 is 1.49 bits per heavy atom. The van der Waals surface area contributed by atoms with Crippen LogP contribution < -0.4 is 5.73 Å². The molecule has 2 aliphatic heterocycles. The van der Waals surface area contributed by atoms with Gasteiger partial charge in [0.2, 0.25) is 5.91 Å². The molecule has 5 rings (SSSR count). The first-order chi connectivity index (χ1) is 19.3. The van der Waals surface area contributed by atoms with Gasteiger partial charge in [-0.25, -0.2) is 0 Å². The zero-order chi connectivity index (χ0) is 29.6. The number of hydrogen-bond donors (Lipinski definition) is 1. The summed E-state index contributed by atoms with van der Waals surface area (Å²) in [5.41, 5.74) is 3.83. The molecule has 218 valence electrons. The van der Waals surface area contributed by atoms with E-state index in [4.69, 9.17) is 10.5 Å². The van der Waals surface area contributed by atoms with Crippen molar-refractivity contribution < 1.29 is 35.9 Å². The lowest BCUT2D eigenvalue weighted by Crippen LogP contribution is -2.57. The van der Waals surface area contributed by atoms with Crippen LogP contribution >= 0.6 is 0 Å². The Morgan fingerprint density at radius 3 is 2.02 bits per heavy atom. The van der Waals surface area contributed by atoms with Crippen molar-refractivity contribution in [2.45, 2.75) is 68.9 Å². The summed E-state index contributed by atoms with van der Waals surface area (Å²) >= 11 is 0. The maximum atomic E-state index is 13.6. The number of alkyl halides is 6. The van der Waals surface area contributed by atoms with Crippen molar-refractivity contribution in [1.82, 2.24) is 4.90 Å². The first kappa shape index (κ1) is 29.1. The highest BCUT2D eigenvalue weighted by molar-refractivity contribution is 5.78. The molecule has 0 radical (unpaired) electrons. The van der Waals surface area contributed by atoms with Gasteiger partial charge in [-0.05, 0) is 61.1 Å². The normalized spacial score (nSPS) is 25.7. The summed E-state index contributed by atoms with van der Waals surface area (Å²) in [6.07, 6.45) is -10.4. The summed E-state index contributed by atoms with van der Waals surface area (Å²) < 4.78 is 88.0.